The van der Waals surface area contributed by atoms with Crippen molar-refractivity contribution in [1.82, 2.24) is 0 Å². The second kappa shape index (κ2) is 26.1. The molecule has 0 aromatic heterocycles. The van der Waals surface area contributed by atoms with Crippen molar-refractivity contribution in [3.8, 4) is 0 Å². The highest BCUT2D eigenvalue weighted by molar-refractivity contribution is 7.99. The van der Waals surface area contributed by atoms with Gasteiger partial charge in [0.05, 0.1) is 0 Å². The Kier molecular flexibility index (Phi) is 24.7. The fourth-order valence-corrected chi connectivity index (χ4v) is 5.21. The molecule has 5 heteroatoms. The molecule has 0 radical (unpaired) electrons. The molecule has 0 aliphatic carbocycles. The Balaban J connectivity index is 0.00000137. The van der Waals surface area contributed by atoms with E-state index in [9.17, 15) is 4.39 Å². The molecule has 0 bridgehead atoms. The van der Waals surface area contributed by atoms with Gasteiger partial charge in [0.25, 0.3) is 0 Å². The number of anilines is 1. The van der Waals surface area contributed by atoms with Gasteiger partial charge in [0.2, 0.25) is 0 Å². The fourth-order valence-electron chi connectivity index (χ4n) is 4.09. The van der Waals surface area contributed by atoms with Crippen molar-refractivity contribution in [2.45, 2.75) is 114 Å². The lowest BCUT2D eigenvalue weighted by molar-refractivity contribution is 0.628. The van der Waals surface area contributed by atoms with Crippen molar-refractivity contribution >= 4 is 40.5 Å². The summed E-state index contributed by atoms with van der Waals surface area (Å²) in [6.45, 7) is 19.0. The highest BCUT2D eigenvalue weighted by Crippen LogP contribution is 2.30. The third-order valence-corrected chi connectivity index (χ3v) is 7.84. The number of benzene rings is 2. The summed E-state index contributed by atoms with van der Waals surface area (Å²) < 4.78 is 13.7. The SMILES string of the molecule is CC.CCCCCSCCC.CC\C=C(C(=C/N=C(C)Nc1cc(F)cc(Cl)c1)/C(C)=C/CCC)\c1ccc(CC)cc1. The molecule has 0 fully saturated rings. The van der Waals surface area contributed by atoms with Crippen LogP contribution in [0, 0.1) is 5.82 Å². The fraction of sp³-hybridized carbons (Fsp3) is 0.500. The molecule has 0 amide bonds. The zero-order valence-electron chi connectivity index (χ0n) is 28.5. The summed E-state index contributed by atoms with van der Waals surface area (Å²) in [6.07, 6.45) is 16.0. The average molecular weight is 629 g/mol. The van der Waals surface area contributed by atoms with Crippen LogP contribution in [-0.2, 0) is 6.42 Å². The summed E-state index contributed by atoms with van der Waals surface area (Å²) in [5.74, 6) is 3.00. The van der Waals surface area contributed by atoms with Gasteiger partial charge in [-0.05, 0) is 97.9 Å². The number of thioether (sulfide) groups is 1. The number of nitrogens with one attached hydrogen (secondary N) is 1. The quantitative estimate of drug-likeness (QED) is 0.0918. The van der Waals surface area contributed by atoms with E-state index in [1.807, 2.05) is 27.0 Å². The molecule has 1 N–H and O–H groups in total. The number of nitrogens with zero attached hydrogens (tertiary/aromatic N) is 1. The Bertz CT molecular complexity index is 1110. The molecule has 2 rings (SSSR count). The topological polar surface area (TPSA) is 24.4 Å². The van der Waals surface area contributed by atoms with Gasteiger partial charge in [-0.3, -0.25) is 0 Å². The standard InChI is InChI=1S/C28H34ClFN2.C8H18S.C2H6/c1-6-9-11-20(4)28(27(10-7-2)23-14-12-22(8-3)13-15-23)19-31-21(5)32-26-17-24(29)16-25(30)18-26;1-3-5-6-8-9-7-4-2;1-2/h10-19H,6-9H2,1-5H3,(H,31,32);3-8H2,1-2H3;1-2H3/b20-11+,27-10-,28-19+;;. The van der Waals surface area contributed by atoms with Gasteiger partial charge in [-0.1, -0.05) is 116 Å². The van der Waals surface area contributed by atoms with Crippen LogP contribution in [0.1, 0.15) is 118 Å². The minimum absolute atomic E-state index is 0.346. The molecular weight excluding hydrogens is 571 g/mol. The Morgan fingerprint density at radius 1 is 0.884 bits per heavy atom. The van der Waals surface area contributed by atoms with Gasteiger partial charge in [-0.2, -0.15) is 11.8 Å². The molecule has 2 nitrogen and oxygen atoms in total. The number of halogens is 2. The molecule has 0 atom stereocenters. The van der Waals surface area contributed by atoms with Crippen LogP contribution in [0.3, 0.4) is 0 Å². The number of allylic oxidation sites excluding steroid dienone is 5. The first-order chi connectivity index (χ1) is 20.8. The van der Waals surface area contributed by atoms with Crippen molar-refractivity contribution in [3.63, 3.8) is 0 Å². The molecule has 0 unspecified atom stereocenters. The molecule has 0 spiro atoms. The minimum atomic E-state index is -0.383. The third kappa shape index (κ3) is 18.2. The van der Waals surface area contributed by atoms with E-state index in [0.717, 1.165) is 31.3 Å². The zero-order valence-corrected chi connectivity index (χ0v) is 30.0. The number of hydrogen-bond acceptors (Lipinski definition) is 2. The van der Waals surface area contributed by atoms with Gasteiger partial charge in [0.1, 0.15) is 11.7 Å². The van der Waals surface area contributed by atoms with Crippen molar-refractivity contribution in [1.29, 1.82) is 0 Å². The molecule has 43 heavy (non-hydrogen) atoms. The van der Waals surface area contributed by atoms with Gasteiger partial charge in [-0.15, -0.1) is 0 Å². The summed E-state index contributed by atoms with van der Waals surface area (Å²) in [5.41, 5.74) is 6.52. The maximum Gasteiger partial charge on any atom is 0.126 e. The van der Waals surface area contributed by atoms with Crippen LogP contribution in [0.2, 0.25) is 5.02 Å². The highest BCUT2D eigenvalue weighted by Gasteiger charge is 2.10. The van der Waals surface area contributed by atoms with Crippen molar-refractivity contribution in [3.05, 3.63) is 93.9 Å². The van der Waals surface area contributed by atoms with Gasteiger partial charge in [0, 0.05) is 22.5 Å². The molecule has 0 heterocycles. The monoisotopic (exact) mass is 628 g/mol. The van der Waals surface area contributed by atoms with Crippen LogP contribution >= 0.6 is 23.4 Å². The largest absolute Gasteiger partial charge is 0.344 e. The van der Waals surface area contributed by atoms with Crippen LogP contribution in [0.5, 0.6) is 0 Å². The Labute approximate surface area is 273 Å². The Morgan fingerprint density at radius 2 is 1.58 bits per heavy atom. The lowest BCUT2D eigenvalue weighted by Crippen LogP contribution is -2.07. The van der Waals surface area contributed by atoms with E-state index in [-0.39, 0.29) is 5.82 Å². The number of aliphatic imine (C=N–C) groups is 1. The maximum absolute atomic E-state index is 13.7. The van der Waals surface area contributed by atoms with E-state index in [0.29, 0.717) is 16.5 Å². The average Bonchev–Trinajstić information content (AvgIpc) is 3.00. The lowest BCUT2D eigenvalue weighted by Gasteiger charge is -2.14. The molecule has 0 aliphatic rings. The predicted octanol–water partition coefficient (Wildman–Crippen LogP) is 13.3. The van der Waals surface area contributed by atoms with Crippen LogP contribution in [0.25, 0.3) is 5.57 Å². The molecule has 2 aromatic carbocycles. The number of amidine groups is 1. The highest BCUT2D eigenvalue weighted by atomic mass is 35.5. The van der Waals surface area contributed by atoms with Crippen molar-refractivity contribution in [2.24, 2.45) is 4.99 Å². The minimum Gasteiger partial charge on any atom is -0.344 e. The number of rotatable bonds is 15. The zero-order chi connectivity index (χ0) is 32.5. The summed E-state index contributed by atoms with van der Waals surface area (Å²) in [6, 6.07) is 13.1. The lowest BCUT2D eigenvalue weighted by atomic mass is 9.91. The first kappa shape index (κ1) is 40.7. The molecule has 0 saturated heterocycles. The van der Waals surface area contributed by atoms with Gasteiger partial charge in [0.15, 0.2) is 0 Å². The van der Waals surface area contributed by atoms with E-state index < -0.39 is 0 Å². The molecule has 2 aromatic rings. The van der Waals surface area contributed by atoms with E-state index in [2.05, 4.69) is 100 Å². The van der Waals surface area contributed by atoms with E-state index in [1.54, 1.807) is 6.07 Å². The third-order valence-electron chi connectivity index (χ3n) is 6.35. The second-order valence-electron chi connectivity index (χ2n) is 10.1. The molecule has 0 saturated carbocycles. The first-order valence-corrected chi connectivity index (χ1v) is 17.8. The first-order valence-electron chi connectivity index (χ1n) is 16.3. The number of aryl methyl sites for hydroxylation is 1. The van der Waals surface area contributed by atoms with Crippen LogP contribution < -0.4 is 5.32 Å². The van der Waals surface area contributed by atoms with Crippen LogP contribution in [0.4, 0.5) is 10.1 Å². The normalized spacial score (nSPS) is 12.3. The van der Waals surface area contributed by atoms with Crippen molar-refractivity contribution < 1.29 is 4.39 Å². The Morgan fingerprint density at radius 3 is 2.14 bits per heavy atom. The second-order valence-corrected chi connectivity index (χ2v) is 11.8. The molecule has 0 aliphatic heterocycles. The van der Waals surface area contributed by atoms with E-state index in [4.69, 9.17) is 11.6 Å². The number of hydrogen-bond donors (Lipinski definition) is 1. The molecular formula is C38H58ClFN2S. The van der Waals surface area contributed by atoms with E-state index in [1.165, 1.54) is 71.6 Å². The van der Waals surface area contributed by atoms with Gasteiger partial charge in [-0.25, -0.2) is 9.38 Å². The summed E-state index contributed by atoms with van der Waals surface area (Å²) in [7, 11) is 0. The van der Waals surface area contributed by atoms with Crippen molar-refractivity contribution in [2.75, 3.05) is 16.8 Å². The predicted molar refractivity (Wildman–Crippen MR) is 197 cm³/mol. The van der Waals surface area contributed by atoms with Gasteiger partial charge < -0.3 is 5.32 Å². The Hall–Kier alpha value is -2.30. The number of unbranched alkanes of at least 4 members (excludes halogenated alkanes) is 3. The van der Waals surface area contributed by atoms with E-state index >= 15 is 0 Å². The summed E-state index contributed by atoms with van der Waals surface area (Å²) in [4.78, 5) is 4.67. The van der Waals surface area contributed by atoms with Gasteiger partial charge >= 0.3 is 0 Å². The van der Waals surface area contributed by atoms with Crippen LogP contribution in [0.15, 0.2) is 77.0 Å². The summed E-state index contributed by atoms with van der Waals surface area (Å²) in [5, 5.41) is 3.47. The molecule has 240 valence electrons. The summed E-state index contributed by atoms with van der Waals surface area (Å²) >= 11 is 8.06. The van der Waals surface area contributed by atoms with Crippen LogP contribution in [-0.4, -0.2) is 17.3 Å². The maximum atomic E-state index is 13.7. The smallest absolute Gasteiger partial charge is 0.126 e.